The van der Waals surface area contributed by atoms with Crippen LogP contribution in [0.15, 0.2) is 8.68 Å². The molecule has 0 spiro atoms. The van der Waals surface area contributed by atoms with Gasteiger partial charge in [-0.25, -0.2) is 0 Å². The van der Waals surface area contributed by atoms with E-state index in [2.05, 4.69) is 15.5 Å². The van der Waals surface area contributed by atoms with Gasteiger partial charge in [0.15, 0.2) is 8.68 Å². The quantitative estimate of drug-likeness (QED) is 0.615. The topological polar surface area (TPSA) is 37.8 Å². The van der Waals surface area contributed by atoms with Gasteiger partial charge in [0.05, 0.1) is 0 Å². The third-order valence-corrected chi connectivity index (χ3v) is 4.93. The maximum atomic E-state index is 4.10. The Hall–Kier alpha value is 0.220. The highest BCUT2D eigenvalue weighted by molar-refractivity contribution is 8.02. The van der Waals surface area contributed by atoms with E-state index < -0.39 is 0 Å². The number of hydrogen-bond donors (Lipinski definition) is 1. The van der Waals surface area contributed by atoms with Crippen molar-refractivity contribution in [2.45, 2.75) is 27.6 Å². The molecule has 14 heavy (non-hydrogen) atoms. The number of hydrogen-bond acceptors (Lipinski definition) is 6. The van der Waals surface area contributed by atoms with E-state index in [-0.39, 0.29) is 0 Å². The van der Waals surface area contributed by atoms with Crippen molar-refractivity contribution in [3.05, 3.63) is 0 Å². The molecule has 1 aliphatic carbocycles. The monoisotopic (exact) mass is 247 g/mol. The Morgan fingerprint density at radius 1 is 1.43 bits per heavy atom. The van der Waals surface area contributed by atoms with Crippen LogP contribution in [0.2, 0.25) is 0 Å². The van der Waals surface area contributed by atoms with E-state index in [1.807, 2.05) is 6.26 Å². The summed E-state index contributed by atoms with van der Waals surface area (Å²) >= 11 is 5.14. The van der Waals surface area contributed by atoms with Crippen LogP contribution >= 0.6 is 34.9 Å². The second-order valence-corrected chi connectivity index (χ2v) is 6.49. The van der Waals surface area contributed by atoms with Gasteiger partial charge in [-0.3, -0.25) is 0 Å². The highest BCUT2D eigenvalue weighted by Crippen LogP contribution is 2.27. The first kappa shape index (κ1) is 10.7. The SMILES string of the molecule is CSc1nnc(SCCNC2CC2)s1. The van der Waals surface area contributed by atoms with Crippen LogP contribution in [0.25, 0.3) is 0 Å². The minimum atomic E-state index is 0.812. The summed E-state index contributed by atoms with van der Waals surface area (Å²) in [5.74, 6) is 1.10. The average molecular weight is 247 g/mol. The molecule has 1 aliphatic rings. The van der Waals surface area contributed by atoms with Gasteiger partial charge in [0, 0.05) is 18.3 Å². The smallest absolute Gasteiger partial charge is 0.175 e. The van der Waals surface area contributed by atoms with Gasteiger partial charge < -0.3 is 5.32 Å². The lowest BCUT2D eigenvalue weighted by atomic mass is 10.6. The number of aromatic nitrogens is 2. The van der Waals surface area contributed by atoms with E-state index in [0.29, 0.717) is 0 Å². The van der Waals surface area contributed by atoms with E-state index in [0.717, 1.165) is 27.0 Å². The van der Waals surface area contributed by atoms with E-state index in [4.69, 9.17) is 0 Å². The van der Waals surface area contributed by atoms with Crippen LogP contribution in [0.3, 0.4) is 0 Å². The van der Waals surface area contributed by atoms with Gasteiger partial charge in [-0.05, 0) is 19.1 Å². The van der Waals surface area contributed by atoms with Crippen LogP contribution in [-0.4, -0.2) is 34.8 Å². The Kier molecular flexibility index (Phi) is 4.10. The van der Waals surface area contributed by atoms with Gasteiger partial charge >= 0.3 is 0 Å². The van der Waals surface area contributed by atoms with Gasteiger partial charge in [-0.2, -0.15) is 0 Å². The fraction of sp³-hybridized carbons (Fsp3) is 0.750. The molecule has 1 aromatic heterocycles. The van der Waals surface area contributed by atoms with Gasteiger partial charge in [0.2, 0.25) is 0 Å². The molecule has 0 saturated heterocycles. The lowest BCUT2D eigenvalue weighted by Gasteiger charge is -1.98. The summed E-state index contributed by atoms with van der Waals surface area (Å²) in [6.07, 6.45) is 4.75. The van der Waals surface area contributed by atoms with Crippen LogP contribution in [0.4, 0.5) is 0 Å². The fourth-order valence-corrected chi connectivity index (χ4v) is 3.41. The van der Waals surface area contributed by atoms with E-state index >= 15 is 0 Å². The molecule has 1 heterocycles. The minimum Gasteiger partial charge on any atom is -0.313 e. The van der Waals surface area contributed by atoms with Gasteiger partial charge in [0.1, 0.15) is 0 Å². The molecular formula is C8H13N3S3. The summed E-state index contributed by atoms with van der Waals surface area (Å²) in [6.45, 7) is 1.09. The Morgan fingerprint density at radius 3 is 2.86 bits per heavy atom. The van der Waals surface area contributed by atoms with E-state index in [1.54, 1.807) is 34.9 Å². The number of thioether (sulfide) groups is 2. The molecule has 0 atom stereocenters. The van der Waals surface area contributed by atoms with Crippen molar-refractivity contribution < 1.29 is 0 Å². The second kappa shape index (κ2) is 5.34. The summed E-state index contributed by atoms with van der Waals surface area (Å²) in [4.78, 5) is 0. The lowest BCUT2D eigenvalue weighted by Crippen LogP contribution is -2.18. The van der Waals surface area contributed by atoms with Gasteiger partial charge in [0.25, 0.3) is 0 Å². The van der Waals surface area contributed by atoms with Crippen LogP contribution in [0.1, 0.15) is 12.8 Å². The Labute approximate surface area is 96.5 Å². The third-order valence-electron chi connectivity index (χ3n) is 1.90. The first-order valence-corrected chi connectivity index (χ1v) is 7.65. The summed E-state index contributed by atoms with van der Waals surface area (Å²) in [6, 6.07) is 0.812. The fourth-order valence-electron chi connectivity index (χ4n) is 1.03. The zero-order valence-electron chi connectivity index (χ0n) is 8.02. The predicted octanol–water partition coefficient (Wildman–Crippen LogP) is 2.10. The summed E-state index contributed by atoms with van der Waals surface area (Å²) in [5.41, 5.74) is 0. The highest BCUT2D eigenvalue weighted by atomic mass is 32.2. The average Bonchev–Trinajstić information content (AvgIpc) is 2.91. The first-order valence-electron chi connectivity index (χ1n) is 4.62. The molecule has 2 rings (SSSR count). The number of nitrogens with zero attached hydrogens (tertiary/aromatic N) is 2. The Morgan fingerprint density at radius 2 is 2.21 bits per heavy atom. The molecule has 0 radical (unpaired) electrons. The zero-order chi connectivity index (χ0) is 9.80. The van der Waals surface area contributed by atoms with Crippen LogP contribution in [0.5, 0.6) is 0 Å². The van der Waals surface area contributed by atoms with Crippen LogP contribution in [-0.2, 0) is 0 Å². The van der Waals surface area contributed by atoms with Gasteiger partial charge in [-0.1, -0.05) is 34.9 Å². The standard InChI is InChI=1S/C8H13N3S3/c1-12-7-10-11-8(14-7)13-5-4-9-6-2-3-6/h6,9H,2-5H2,1H3. The first-order chi connectivity index (χ1) is 6.88. The third kappa shape index (κ3) is 3.42. The Bertz CT molecular complexity index is 285. The van der Waals surface area contributed by atoms with Crippen molar-refractivity contribution in [1.82, 2.24) is 15.5 Å². The molecule has 0 amide bonds. The van der Waals surface area contributed by atoms with Crippen molar-refractivity contribution in [3.8, 4) is 0 Å². The zero-order valence-corrected chi connectivity index (χ0v) is 10.5. The predicted molar refractivity (Wildman–Crippen MR) is 63.4 cm³/mol. The van der Waals surface area contributed by atoms with Crippen molar-refractivity contribution in [1.29, 1.82) is 0 Å². The van der Waals surface area contributed by atoms with Crippen LogP contribution < -0.4 is 5.32 Å². The number of rotatable bonds is 6. The molecule has 1 N–H and O–H groups in total. The van der Waals surface area contributed by atoms with Crippen molar-refractivity contribution in [2.24, 2.45) is 0 Å². The maximum absolute atomic E-state index is 4.10. The minimum absolute atomic E-state index is 0.812. The molecular weight excluding hydrogens is 234 g/mol. The molecule has 0 bridgehead atoms. The maximum Gasteiger partial charge on any atom is 0.175 e. The largest absolute Gasteiger partial charge is 0.313 e. The van der Waals surface area contributed by atoms with Crippen molar-refractivity contribution >= 4 is 34.9 Å². The van der Waals surface area contributed by atoms with Crippen molar-refractivity contribution in [3.63, 3.8) is 0 Å². The second-order valence-electron chi connectivity index (χ2n) is 3.11. The molecule has 0 aromatic carbocycles. The van der Waals surface area contributed by atoms with E-state index in [9.17, 15) is 0 Å². The van der Waals surface area contributed by atoms with E-state index in [1.165, 1.54) is 12.8 Å². The summed E-state index contributed by atoms with van der Waals surface area (Å²) in [5, 5.41) is 11.6. The molecule has 78 valence electrons. The molecule has 0 unspecified atom stereocenters. The molecule has 1 aromatic rings. The highest BCUT2D eigenvalue weighted by Gasteiger charge is 2.19. The summed E-state index contributed by atoms with van der Waals surface area (Å²) < 4.78 is 2.15. The number of nitrogens with one attached hydrogen (secondary N) is 1. The Balaban J connectivity index is 1.63. The molecule has 0 aliphatic heterocycles. The molecule has 3 nitrogen and oxygen atoms in total. The summed E-state index contributed by atoms with van der Waals surface area (Å²) in [7, 11) is 0. The van der Waals surface area contributed by atoms with Crippen molar-refractivity contribution in [2.75, 3.05) is 18.6 Å². The molecule has 6 heteroatoms. The normalized spacial score (nSPS) is 16.1. The lowest BCUT2D eigenvalue weighted by molar-refractivity contribution is 0.726. The van der Waals surface area contributed by atoms with Crippen LogP contribution in [0, 0.1) is 0 Å². The van der Waals surface area contributed by atoms with Gasteiger partial charge in [-0.15, -0.1) is 10.2 Å². The molecule has 1 fully saturated rings. The molecule has 1 saturated carbocycles.